The molecular formula is C8H19NO2. The lowest BCUT2D eigenvalue weighted by Crippen LogP contribution is -2.17. The fourth-order valence-electron chi connectivity index (χ4n) is 0.797. The molecule has 1 unspecified atom stereocenters. The lowest BCUT2D eigenvalue weighted by Gasteiger charge is -2.09. The van der Waals surface area contributed by atoms with Crippen molar-refractivity contribution in [3.8, 4) is 0 Å². The van der Waals surface area contributed by atoms with E-state index in [9.17, 15) is 0 Å². The van der Waals surface area contributed by atoms with Crippen molar-refractivity contribution < 1.29 is 9.84 Å². The zero-order valence-electron chi connectivity index (χ0n) is 7.25. The van der Waals surface area contributed by atoms with Crippen LogP contribution in [-0.4, -0.2) is 24.5 Å². The van der Waals surface area contributed by atoms with Crippen molar-refractivity contribution in [1.82, 2.24) is 0 Å². The van der Waals surface area contributed by atoms with E-state index in [-0.39, 0.29) is 0 Å². The predicted molar refractivity (Wildman–Crippen MR) is 45.2 cm³/mol. The van der Waals surface area contributed by atoms with Crippen LogP contribution in [0.4, 0.5) is 0 Å². The third kappa shape index (κ3) is 7.78. The third-order valence-electron chi connectivity index (χ3n) is 1.47. The van der Waals surface area contributed by atoms with Gasteiger partial charge in [0, 0.05) is 13.0 Å². The van der Waals surface area contributed by atoms with E-state index in [1.807, 2.05) is 0 Å². The molecule has 3 nitrogen and oxygen atoms in total. The number of nitrogens with two attached hydrogens (primary N) is 1. The van der Waals surface area contributed by atoms with Gasteiger partial charge in [-0.1, -0.05) is 19.8 Å². The highest BCUT2D eigenvalue weighted by atomic mass is 16.6. The zero-order chi connectivity index (χ0) is 8.53. The molecule has 0 aliphatic rings. The molecule has 68 valence electrons. The fourth-order valence-corrected chi connectivity index (χ4v) is 0.797. The highest BCUT2D eigenvalue weighted by molar-refractivity contribution is 4.43. The maximum absolute atomic E-state index is 9.05. The number of hydrogen-bond donors (Lipinski definition) is 2. The van der Waals surface area contributed by atoms with Gasteiger partial charge in [-0.3, -0.25) is 0 Å². The number of hydrogen-bond acceptors (Lipinski definition) is 3. The van der Waals surface area contributed by atoms with Crippen molar-refractivity contribution in [2.75, 3.05) is 13.2 Å². The van der Waals surface area contributed by atoms with Gasteiger partial charge in [-0.05, 0) is 13.0 Å². The van der Waals surface area contributed by atoms with E-state index < -0.39 is 6.29 Å². The number of aliphatic hydroxyl groups is 1. The van der Waals surface area contributed by atoms with Gasteiger partial charge in [0.1, 0.15) is 0 Å². The van der Waals surface area contributed by atoms with E-state index in [2.05, 4.69) is 6.92 Å². The molecule has 1 atom stereocenters. The summed E-state index contributed by atoms with van der Waals surface area (Å²) < 4.78 is 5.06. The molecule has 0 aromatic carbocycles. The van der Waals surface area contributed by atoms with E-state index in [4.69, 9.17) is 15.6 Å². The minimum atomic E-state index is -0.656. The van der Waals surface area contributed by atoms with Crippen molar-refractivity contribution in [2.24, 2.45) is 5.73 Å². The minimum Gasteiger partial charge on any atom is -0.368 e. The summed E-state index contributed by atoms with van der Waals surface area (Å²) in [5, 5.41) is 9.05. The monoisotopic (exact) mass is 161 g/mol. The Morgan fingerprint density at radius 1 is 1.45 bits per heavy atom. The first-order chi connectivity index (χ1) is 5.31. The van der Waals surface area contributed by atoms with Crippen LogP contribution in [0.3, 0.4) is 0 Å². The summed E-state index contributed by atoms with van der Waals surface area (Å²) in [5.41, 5.74) is 5.22. The molecule has 0 spiro atoms. The van der Waals surface area contributed by atoms with E-state index in [1.54, 1.807) is 0 Å². The van der Waals surface area contributed by atoms with Crippen LogP contribution in [0.2, 0.25) is 0 Å². The molecule has 0 bridgehead atoms. The maximum atomic E-state index is 9.05. The zero-order valence-corrected chi connectivity index (χ0v) is 7.25. The lowest BCUT2D eigenvalue weighted by molar-refractivity contribution is -0.102. The van der Waals surface area contributed by atoms with Crippen LogP contribution in [0.1, 0.15) is 32.6 Å². The van der Waals surface area contributed by atoms with E-state index in [0.717, 1.165) is 12.8 Å². The summed E-state index contributed by atoms with van der Waals surface area (Å²) >= 11 is 0. The molecule has 0 rings (SSSR count). The van der Waals surface area contributed by atoms with Gasteiger partial charge in [-0.25, -0.2) is 0 Å². The second kappa shape index (κ2) is 7.98. The SMILES string of the molecule is CCCCCOC(O)CCN. The molecular weight excluding hydrogens is 142 g/mol. The minimum absolute atomic E-state index is 0.481. The van der Waals surface area contributed by atoms with Gasteiger partial charge >= 0.3 is 0 Å². The van der Waals surface area contributed by atoms with Gasteiger partial charge in [-0.2, -0.15) is 0 Å². The first-order valence-corrected chi connectivity index (χ1v) is 4.31. The smallest absolute Gasteiger partial charge is 0.155 e. The van der Waals surface area contributed by atoms with Crippen LogP contribution >= 0.6 is 0 Å². The largest absolute Gasteiger partial charge is 0.368 e. The standard InChI is InChI=1S/C8H19NO2/c1-2-3-4-7-11-8(10)5-6-9/h8,10H,2-7,9H2,1H3. The van der Waals surface area contributed by atoms with Crippen LogP contribution in [0.15, 0.2) is 0 Å². The summed E-state index contributed by atoms with van der Waals surface area (Å²) in [5.74, 6) is 0. The third-order valence-corrected chi connectivity index (χ3v) is 1.47. The molecule has 0 aromatic rings. The van der Waals surface area contributed by atoms with Crippen molar-refractivity contribution in [1.29, 1.82) is 0 Å². The van der Waals surface area contributed by atoms with E-state index in [0.29, 0.717) is 19.6 Å². The van der Waals surface area contributed by atoms with Crippen molar-refractivity contribution in [2.45, 2.75) is 38.9 Å². The number of aliphatic hydroxyl groups excluding tert-OH is 1. The second-order valence-corrected chi connectivity index (χ2v) is 2.61. The average Bonchev–Trinajstić information content (AvgIpc) is 1.99. The van der Waals surface area contributed by atoms with Crippen LogP contribution in [0.25, 0.3) is 0 Å². The molecule has 0 aliphatic carbocycles. The Morgan fingerprint density at radius 3 is 2.73 bits per heavy atom. The molecule has 0 amide bonds. The van der Waals surface area contributed by atoms with Crippen LogP contribution in [0.5, 0.6) is 0 Å². The molecule has 0 heterocycles. The van der Waals surface area contributed by atoms with E-state index >= 15 is 0 Å². The van der Waals surface area contributed by atoms with Gasteiger partial charge < -0.3 is 15.6 Å². The molecule has 0 aliphatic heterocycles. The highest BCUT2D eigenvalue weighted by Gasteiger charge is 2.00. The fraction of sp³-hybridized carbons (Fsp3) is 1.00. The Balaban J connectivity index is 2.97. The topological polar surface area (TPSA) is 55.5 Å². The van der Waals surface area contributed by atoms with Crippen LogP contribution in [-0.2, 0) is 4.74 Å². The van der Waals surface area contributed by atoms with Gasteiger partial charge in [0.2, 0.25) is 0 Å². The molecule has 0 saturated heterocycles. The molecule has 3 heteroatoms. The molecule has 0 aromatic heterocycles. The Bertz CT molecular complexity index is 78.5. The quantitative estimate of drug-likeness (QED) is 0.430. The first-order valence-electron chi connectivity index (χ1n) is 4.31. The summed E-state index contributed by atoms with van der Waals surface area (Å²) in [6.45, 7) is 3.26. The van der Waals surface area contributed by atoms with Crippen molar-refractivity contribution in [3.05, 3.63) is 0 Å². The van der Waals surface area contributed by atoms with Crippen molar-refractivity contribution >= 4 is 0 Å². The van der Waals surface area contributed by atoms with Gasteiger partial charge in [0.25, 0.3) is 0 Å². The van der Waals surface area contributed by atoms with E-state index in [1.165, 1.54) is 6.42 Å². The Morgan fingerprint density at radius 2 is 2.18 bits per heavy atom. The molecule has 11 heavy (non-hydrogen) atoms. The number of unbranched alkanes of at least 4 members (excludes halogenated alkanes) is 2. The summed E-state index contributed by atoms with van der Waals surface area (Å²) in [6, 6.07) is 0. The molecule has 0 saturated carbocycles. The molecule has 0 fully saturated rings. The normalized spacial score (nSPS) is 13.4. The highest BCUT2D eigenvalue weighted by Crippen LogP contribution is 1.98. The van der Waals surface area contributed by atoms with Gasteiger partial charge in [0.15, 0.2) is 6.29 Å². The Labute approximate surface area is 68.5 Å². The number of ether oxygens (including phenoxy) is 1. The van der Waals surface area contributed by atoms with Crippen LogP contribution < -0.4 is 5.73 Å². The van der Waals surface area contributed by atoms with Gasteiger partial charge in [0.05, 0.1) is 0 Å². The molecule has 3 N–H and O–H groups in total. The van der Waals surface area contributed by atoms with Crippen molar-refractivity contribution in [3.63, 3.8) is 0 Å². The van der Waals surface area contributed by atoms with Gasteiger partial charge in [-0.15, -0.1) is 0 Å². The van der Waals surface area contributed by atoms with Crippen LogP contribution in [0, 0.1) is 0 Å². The Hall–Kier alpha value is -0.120. The lowest BCUT2D eigenvalue weighted by atomic mass is 10.3. The Kier molecular flexibility index (Phi) is 7.89. The number of rotatable bonds is 7. The summed E-state index contributed by atoms with van der Waals surface area (Å²) in [4.78, 5) is 0. The maximum Gasteiger partial charge on any atom is 0.155 e. The molecule has 0 radical (unpaired) electrons. The first kappa shape index (κ1) is 10.9. The summed E-state index contributed by atoms with van der Waals surface area (Å²) in [6.07, 6.45) is 3.24. The summed E-state index contributed by atoms with van der Waals surface area (Å²) in [7, 11) is 0. The predicted octanol–water partition coefficient (Wildman–Crippen LogP) is 0.860. The average molecular weight is 161 g/mol. The second-order valence-electron chi connectivity index (χ2n) is 2.61.